The Labute approximate surface area is 102 Å². The largest absolute Gasteiger partial charge is 0.479 e. The maximum absolute atomic E-state index is 11.6. The molecule has 0 aromatic carbocycles. The van der Waals surface area contributed by atoms with Gasteiger partial charge in [0.1, 0.15) is 0 Å². The van der Waals surface area contributed by atoms with E-state index in [1.807, 2.05) is 6.92 Å². The van der Waals surface area contributed by atoms with Crippen molar-refractivity contribution in [3.8, 4) is 0 Å². The molecule has 1 aliphatic carbocycles. The van der Waals surface area contributed by atoms with Crippen molar-refractivity contribution >= 4 is 5.97 Å². The Kier molecular flexibility index (Phi) is 4.52. The molecule has 1 saturated carbocycles. The zero-order valence-electron chi connectivity index (χ0n) is 11.0. The first-order chi connectivity index (χ1) is 8.04. The van der Waals surface area contributed by atoms with Crippen molar-refractivity contribution < 1.29 is 24.1 Å². The molecule has 1 N–H and O–H groups in total. The zero-order chi connectivity index (χ0) is 13.1. The van der Waals surface area contributed by atoms with Crippen LogP contribution in [-0.2, 0) is 19.0 Å². The summed E-state index contributed by atoms with van der Waals surface area (Å²) in [5.41, 5.74) is -1.42. The van der Waals surface area contributed by atoms with Gasteiger partial charge in [-0.3, -0.25) is 0 Å². The lowest BCUT2D eigenvalue weighted by molar-refractivity contribution is -0.339. The molecule has 1 rings (SSSR count). The van der Waals surface area contributed by atoms with E-state index in [9.17, 15) is 9.90 Å². The quantitative estimate of drug-likeness (QED) is 0.747. The van der Waals surface area contributed by atoms with Crippen LogP contribution in [0.4, 0.5) is 0 Å². The van der Waals surface area contributed by atoms with E-state index in [2.05, 4.69) is 0 Å². The average molecular weight is 246 g/mol. The van der Waals surface area contributed by atoms with Gasteiger partial charge in [0.2, 0.25) is 11.4 Å². The summed E-state index contributed by atoms with van der Waals surface area (Å²) < 4.78 is 16.3. The number of carboxylic acid groups (broad SMARTS) is 1. The van der Waals surface area contributed by atoms with E-state index in [0.717, 1.165) is 19.3 Å². The second-order valence-corrected chi connectivity index (χ2v) is 4.41. The van der Waals surface area contributed by atoms with Crippen molar-refractivity contribution in [2.75, 3.05) is 21.3 Å². The summed E-state index contributed by atoms with van der Waals surface area (Å²) in [6.07, 6.45) is 2.88. The van der Waals surface area contributed by atoms with Crippen LogP contribution in [0.15, 0.2) is 0 Å². The number of aliphatic carboxylic acids is 1. The predicted octanol–water partition coefficient (Wildman–Crippen LogP) is 1.66. The van der Waals surface area contributed by atoms with Gasteiger partial charge in [0.05, 0.1) is 0 Å². The van der Waals surface area contributed by atoms with E-state index in [0.29, 0.717) is 6.42 Å². The van der Waals surface area contributed by atoms with Gasteiger partial charge in [0.15, 0.2) is 0 Å². The third kappa shape index (κ3) is 1.86. The van der Waals surface area contributed by atoms with E-state index in [4.69, 9.17) is 14.2 Å². The molecule has 0 radical (unpaired) electrons. The van der Waals surface area contributed by atoms with Crippen LogP contribution in [0.1, 0.15) is 32.6 Å². The molecule has 0 spiro atoms. The molecule has 5 heteroatoms. The second-order valence-electron chi connectivity index (χ2n) is 4.41. The van der Waals surface area contributed by atoms with Gasteiger partial charge < -0.3 is 19.3 Å². The molecule has 0 aromatic heterocycles. The smallest absolute Gasteiger partial charge is 0.341 e. The molecule has 0 heterocycles. The summed E-state index contributed by atoms with van der Waals surface area (Å²) in [5, 5.41) is 9.51. The van der Waals surface area contributed by atoms with Gasteiger partial charge in [-0.1, -0.05) is 6.92 Å². The van der Waals surface area contributed by atoms with Crippen molar-refractivity contribution in [1.29, 1.82) is 0 Å². The van der Waals surface area contributed by atoms with Gasteiger partial charge >= 0.3 is 5.97 Å². The Morgan fingerprint density at radius 3 is 2.24 bits per heavy atom. The van der Waals surface area contributed by atoms with E-state index < -0.39 is 17.4 Å². The van der Waals surface area contributed by atoms with Crippen LogP contribution in [0.2, 0.25) is 0 Å². The second kappa shape index (κ2) is 5.33. The van der Waals surface area contributed by atoms with E-state index in [1.54, 1.807) is 0 Å². The van der Waals surface area contributed by atoms with Gasteiger partial charge in [-0.05, 0) is 25.7 Å². The first-order valence-corrected chi connectivity index (χ1v) is 5.93. The standard InChI is InChI=1S/C12H22O5/c1-5-9-7-6-8-11(15-2,10(13)14)12(9,16-3)17-4/h9H,5-8H2,1-4H3,(H,13,14). The van der Waals surface area contributed by atoms with Crippen LogP contribution in [0.5, 0.6) is 0 Å². The third-order valence-corrected chi connectivity index (χ3v) is 3.97. The molecule has 17 heavy (non-hydrogen) atoms. The van der Waals surface area contributed by atoms with Gasteiger partial charge in [0, 0.05) is 27.2 Å². The van der Waals surface area contributed by atoms with Gasteiger partial charge in [-0.25, -0.2) is 4.79 Å². The van der Waals surface area contributed by atoms with Crippen LogP contribution < -0.4 is 0 Å². The van der Waals surface area contributed by atoms with Crippen molar-refractivity contribution in [1.82, 2.24) is 0 Å². The SMILES string of the molecule is CCC1CCCC(OC)(C(=O)O)C1(OC)OC. The fraction of sp³-hybridized carbons (Fsp3) is 0.917. The lowest BCUT2D eigenvalue weighted by Crippen LogP contribution is -2.67. The molecule has 1 aliphatic rings. The highest BCUT2D eigenvalue weighted by molar-refractivity contribution is 5.79. The maximum atomic E-state index is 11.6. The summed E-state index contributed by atoms with van der Waals surface area (Å²) in [6.45, 7) is 2.01. The number of carboxylic acids is 1. The van der Waals surface area contributed by atoms with Crippen molar-refractivity contribution in [3.63, 3.8) is 0 Å². The van der Waals surface area contributed by atoms with E-state index in [1.165, 1.54) is 21.3 Å². The highest BCUT2D eigenvalue weighted by Gasteiger charge is 2.64. The van der Waals surface area contributed by atoms with Crippen LogP contribution >= 0.6 is 0 Å². The number of carbonyl (C=O) groups is 1. The minimum atomic E-state index is -1.42. The molecular formula is C12H22O5. The molecule has 0 bridgehead atoms. The zero-order valence-corrected chi connectivity index (χ0v) is 11.0. The van der Waals surface area contributed by atoms with E-state index >= 15 is 0 Å². The number of methoxy groups -OCH3 is 3. The topological polar surface area (TPSA) is 65.0 Å². The Morgan fingerprint density at radius 1 is 1.29 bits per heavy atom. The summed E-state index contributed by atoms with van der Waals surface area (Å²) in [5.74, 6) is -2.22. The molecule has 100 valence electrons. The summed E-state index contributed by atoms with van der Waals surface area (Å²) in [4.78, 5) is 11.6. The fourth-order valence-corrected chi connectivity index (χ4v) is 3.10. The monoisotopic (exact) mass is 246 g/mol. The summed E-state index contributed by atoms with van der Waals surface area (Å²) in [7, 11) is 4.36. The Morgan fingerprint density at radius 2 is 1.88 bits per heavy atom. The molecule has 5 nitrogen and oxygen atoms in total. The van der Waals surface area contributed by atoms with Crippen LogP contribution in [0.25, 0.3) is 0 Å². The Balaban J connectivity index is 3.28. The molecule has 2 atom stereocenters. The Bertz CT molecular complexity index is 274. The summed E-state index contributed by atoms with van der Waals surface area (Å²) >= 11 is 0. The lowest BCUT2D eigenvalue weighted by Gasteiger charge is -2.51. The number of hydrogen-bond donors (Lipinski definition) is 1. The molecule has 0 aliphatic heterocycles. The van der Waals surface area contributed by atoms with Crippen molar-refractivity contribution in [3.05, 3.63) is 0 Å². The third-order valence-electron chi connectivity index (χ3n) is 3.97. The van der Waals surface area contributed by atoms with Crippen molar-refractivity contribution in [2.24, 2.45) is 5.92 Å². The molecule has 0 amide bonds. The number of hydrogen-bond acceptors (Lipinski definition) is 4. The number of rotatable bonds is 5. The molecule has 2 unspecified atom stereocenters. The first kappa shape index (κ1) is 14.4. The summed E-state index contributed by atoms with van der Waals surface area (Å²) in [6, 6.07) is 0. The normalized spacial score (nSPS) is 32.4. The highest BCUT2D eigenvalue weighted by atomic mass is 16.7. The number of ether oxygens (including phenoxy) is 3. The molecule has 1 fully saturated rings. The molecular weight excluding hydrogens is 224 g/mol. The minimum Gasteiger partial charge on any atom is -0.479 e. The molecule has 0 saturated heterocycles. The predicted molar refractivity (Wildman–Crippen MR) is 61.8 cm³/mol. The minimum absolute atomic E-state index is 0.0160. The van der Waals surface area contributed by atoms with E-state index in [-0.39, 0.29) is 5.92 Å². The lowest BCUT2D eigenvalue weighted by atomic mass is 9.70. The fourth-order valence-electron chi connectivity index (χ4n) is 3.10. The first-order valence-electron chi connectivity index (χ1n) is 5.93. The average Bonchev–Trinajstić information content (AvgIpc) is 2.36. The van der Waals surface area contributed by atoms with Gasteiger partial charge in [0.25, 0.3) is 0 Å². The highest BCUT2D eigenvalue weighted by Crippen LogP contribution is 2.47. The van der Waals surface area contributed by atoms with Crippen molar-refractivity contribution in [2.45, 2.75) is 44.0 Å². The van der Waals surface area contributed by atoms with Gasteiger partial charge in [-0.2, -0.15) is 0 Å². The van der Waals surface area contributed by atoms with Crippen LogP contribution in [0.3, 0.4) is 0 Å². The van der Waals surface area contributed by atoms with Crippen LogP contribution in [-0.4, -0.2) is 43.8 Å². The Hall–Kier alpha value is -0.650. The van der Waals surface area contributed by atoms with Crippen LogP contribution in [0, 0.1) is 5.92 Å². The molecule has 0 aromatic rings. The van der Waals surface area contributed by atoms with Gasteiger partial charge in [-0.15, -0.1) is 0 Å². The maximum Gasteiger partial charge on any atom is 0.341 e.